The van der Waals surface area contributed by atoms with Crippen molar-refractivity contribution in [3.8, 4) is 11.5 Å². The molecule has 4 N–H and O–H groups in total. The second-order valence-corrected chi connectivity index (χ2v) is 23.8. The van der Waals surface area contributed by atoms with E-state index in [1.54, 1.807) is 12.1 Å². The quantitative estimate of drug-likeness (QED) is 0.0634. The van der Waals surface area contributed by atoms with Crippen LogP contribution in [0, 0.1) is 12.8 Å². The molecule has 0 amide bonds. The molecule has 1 atom stereocenters. The number of hydrogen-bond donors (Lipinski definition) is 4. The molecule has 0 saturated carbocycles. The molecule has 0 saturated heterocycles. The summed E-state index contributed by atoms with van der Waals surface area (Å²) in [7, 11) is -12.8. The maximum absolute atomic E-state index is 12.3. The van der Waals surface area contributed by atoms with Crippen molar-refractivity contribution in [1.82, 2.24) is 0 Å². The fourth-order valence-corrected chi connectivity index (χ4v) is 11.9. The van der Waals surface area contributed by atoms with E-state index in [4.69, 9.17) is 9.47 Å². The van der Waals surface area contributed by atoms with E-state index >= 15 is 0 Å². The molecule has 0 radical (unpaired) electrons. The lowest BCUT2D eigenvalue weighted by Crippen LogP contribution is -2.28. The number of carboxylic acid groups (broad SMARTS) is 1. The summed E-state index contributed by atoms with van der Waals surface area (Å²) in [6, 6.07) is 15.2. The summed E-state index contributed by atoms with van der Waals surface area (Å²) in [5.41, 5.74) is 7.74. The van der Waals surface area contributed by atoms with E-state index in [-0.39, 0.29) is 34.3 Å². The normalized spacial score (nSPS) is 20.9. The van der Waals surface area contributed by atoms with Crippen LogP contribution in [0.1, 0.15) is 106 Å². The number of benzene rings is 3. The van der Waals surface area contributed by atoms with Gasteiger partial charge in [0.15, 0.2) is 17.2 Å². The maximum atomic E-state index is 12.3. The Hall–Kier alpha value is -5.37. The highest BCUT2D eigenvalue weighted by Crippen LogP contribution is 2.52. The lowest BCUT2D eigenvalue weighted by Gasteiger charge is -2.33. The topological polar surface area (TPSA) is 225 Å². The van der Waals surface area contributed by atoms with Crippen molar-refractivity contribution in [2.45, 2.75) is 102 Å². The minimum atomic E-state index is -4.53. The summed E-state index contributed by atoms with van der Waals surface area (Å²) in [6.45, 7) is 11.1. The van der Waals surface area contributed by atoms with Gasteiger partial charge in [0.25, 0.3) is 30.4 Å². The monoisotopic (exact) mass is 989 g/mol. The number of unbranched alkanes of at least 4 members (excludes halogenated alkanes) is 2. The van der Waals surface area contributed by atoms with Gasteiger partial charge in [-0.2, -0.15) is 29.8 Å². The Bertz CT molecular complexity index is 3160. The molecule has 0 aromatic heterocycles. The van der Waals surface area contributed by atoms with Gasteiger partial charge in [-0.1, -0.05) is 31.6 Å². The number of carboxylic acids is 1. The molecule has 3 aromatic carbocycles. The standard InChI is InChI=1S/C50H56N2O13S3/c1-31-10-19-39-37(28-31)49(2,3)43(51(39)24-6-8-26-66(55,56)57)22-16-33-13-11-32-12-14-34(47-45(32)46(33)64-41-21-15-35(48(53)54)29-42(41)65-47)17-23-44-50(4,5)38-30-36(68(61,62)63)18-20-40(38)52(44)25-7-9-27-67(58,59)60/h10,15-23,28-30,32H,6-9,11-14,24-27H2,1-5H3,(H3-,53,54,55,56,57,58,59,60,61,62,63)/p+1. The molecule has 0 fully saturated rings. The van der Waals surface area contributed by atoms with Crippen LogP contribution >= 0.6 is 0 Å². The number of aryl methyl sites for hydroxylation is 1. The van der Waals surface area contributed by atoms with Crippen LogP contribution in [0.15, 0.2) is 118 Å². The van der Waals surface area contributed by atoms with E-state index in [0.29, 0.717) is 73.7 Å². The van der Waals surface area contributed by atoms with Gasteiger partial charge in [-0.15, -0.1) is 0 Å². The Morgan fingerprint density at radius 2 is 1.46 bits per heavy atom. The SMILES string of the molecule is Cc1ccc2c(c1)C(C)(C)C(/C=C/C1=C3Oc4ccc(C(=O)O)cc4OC4=C3C(CC1)CC/C4=C\C=C1\N(CCCCS(=O)(=O)O)c3ccc(S(=O)(=O)O)cc3C1(C)C)=[N+]2CCCCS(=O)(=O)O. The average molecular weight is 990 g/mol. The van der Waals surface area contributed by atoms with Crippen LogP contribution in [-0.4, -0.2) is 84.9 Å². The van der Waals surface area contributed by atoms with Gasteiger partial charge in [0.05, 0.1) is 27.4 Å². The van der Waals surface area contributed by atoms with Crippen molar-refractivity contribution in [1.29, 1.82) is 0 Å². The van der Waals surface area contributed by atoms with Gasteiger partial charge in [0.1, 0.15) is 18.1 Å². The van der Waals surface area contributed by atoms with Gasteiger partial charge in [-0.3, -0.25) is 13.7 Å². The zero-order chi connectivity index (χ0) is 49.1. The fourth-order valence-electron chi connectivity index (χ4n) is 10.3. The van der Waals surface area contributed by atoms with Crippen LogP contribution in [0.2, 0.25) is 0 Å². The van der Waals surface area contributed by atoms with Gasteiger partial charge >= 0.3 is 5.97 Å². The second kappa shape index (κ2) is 18.2. The summed E-state index contributed by atoms with van der Waals surface area (Å²) >= 11 is 0. The predicted octanol–water partition coefficient (Wildman–Crippen LogP) is 9.00. The van der Waals surface area contributed by atoms with Crippen molar-refractivity contribution in [2.24, 2.45) is 5.92 Å². The molecule has 2 aliphatic carbocycles. The lowest BCUT2D eigenvalue weighted by molar-refractivity contribution is -0.438. The van der Waals surface area contributed by atoms with E-state index in [2.05, 4.69) is 48.8 Å². The Labute approximate surface area is 398 Å². The number of allylic oxidation sites excluding steroid dienone is 8. The molecule has 3 aliphatic heterocycles. The number of anilines is 1. The smallest absolute Gasteiger partial charge is 0.335 e. The van der Waals surface area contributed by atoms with Gasteiger partial charge < -0.3 is 19.5 Å². The first kappa shape index (κ1) is 49.1. The molecule has 3 heterocycles. The van der Waals surface area contributed by atoms with E-state index < -0.39 is 52.9 Å². The van der Waals surface area contributed by atoms with E-state index in [9.17, 15) is 48.8 Å². The first-order valence-corrected chi connectivity index (χ1v) is 27.4. The highest BCUT2D eigenvalue weighted by molar-refractivity contribution is 7.86. The minimum absolute atomic E-state index is 0.0163. The molecule has 18 heteroatoms. The third-order valence-corrected chi connectivity index (χ3v) is 16.2. The minimum Gasteiger partial charge on any atom is -0.478 e. The third kappa shape index (κ3) is 9.89. The van der Waals surface area contributed by atoms with Crippen LogP contribution in [0.5, 0.6) is 11.5 Å². The molecule has 3 aromatic rings. The summed E-state index contributed by atoms with van der Waals surface area (Å²) < 4.78 is 116. The first-order valence-electron chi connectivity index (χ1n) is 22.7. The van der Waals surface area contributed by atoms with Crippen molar-refractivity contribution in [3.63, 3.8) is 0 Å². The summed E-state index contributed by atoms with van der Waals surface area (Å²) in [5, 5.41) is 10.0. The number of hydrogen-bond acceptors (Lipinski definition) is 10. The van der Waals surface area contributed by atoms with E-state index in [1.807, 2.05) is 37.8 Å². The maximum Gasteiger partial charge on any atom is 0.335 e. The van der Waals surface area contributed by atoms with Crippen LogP contribution in [0.25, 0.3) is 0 Å². The number of fused-ring (bicyclic) bond motifs is 3. The predicted molar refractivity (Wildman–Crippen MR) is 258 cm³/mol. The Morgan fingerprint density at radius 1 is 0.765 bits per heavy atom. The van der Waals surface area contributed by atoms with Crippen LogP contribution < -0.4 is 14.4 Å². The molecule has 0 spiro atoms. The molecule has 1 unspecified atom stereocenters. The Balaban J connectivity index is 1.25. The molecule has 362 valence electrons. The van der Waals surface area contributed by atoms with Crippen molar-refractivity contribution in [2.75, 3.05) is 29.5 Å². The third-order valence-electron chi connectivity index (χ3n) is 13.8. The van der Waals surface area contributed by atoms with E-state index in [0.717, 1.165) is 57.8 Å². The molecule has 68 heavy (non-hydrogen) atoms. The van der Waals surface area contributed by atoms with Crippen molar-refractivity contribution >= 4 is 53.4 Å². The lowest BCUT2D eigenvalue weighted by atomic mass is 9.74. The molecule has 5 aliphatic rings. The zero-order valence-electron chi connectivity index (χ0n) is 38.7. The Kier molecular flexibility index (Phi) is 13.1. The molecule has 8 rings (SSSR count). The van der Waals surface area contributed by atoms with Crippen molar-refractivity contribution < 1.29 is 62.9 Å². The van der Waals surface area contributed by atoms with Crippen LogP contribution in [0.3, 0.4) is 0 Å². The molecular formula is C50H57N2O13S3+. The molecule has 0 bridgehead atoms. The highest BCUT2D eigenvalue weighted by atomic mass is 32.2. The van der Waals surface area contributed by atoms with Gasteiger partial charge in [-0.25, -0.2) is 4.79 Å². The van der Waals surface area contributed by atoms with Crippen LogP contribution in [0.4, 0.5) is 11.4 Å². The number of ether oxygens (including phenoxy) is 2. The van der Waals surface area contributed by atoms with E-state index in [1.165, 1.54) is 24.3 Å². The zero-order valence-corrected chi connectivity index (χ0v) is 41.1. The van der Waals surface area contributed by atoms with Crippen molar-refractivity contribution in [3.05, 3.63) is 135 Å². The molecular weight excluding hydrogens is 933 g/mol. The largest absolute Gasteiger partial charge is 0.478 e. The van der Waals surface area contributed by atoms with Gasteiger partial charge in [0, 0.05) is 53.0 Å². The molecule has 15 nitrogen and oxygen atoms in total. The van der Waals surface area contributed by atoms with Gasteiger partial charge in [-0.05, 0) is 143 Å². The highest BCUT2D eigenvalue weighted by Gasteiger charge is 2.45. The number of rotatable bonds is 15. The number of nitrogens with zero attached hydrogens (tertiary/aromatic N) is 2. The summed E-state index contributed by atoms with van der Waals surface area (Å²) in [6.07, 6.45) is 12.3. The van der Waals surface area contributed by atoms with Gasteiger partial charge in [0.2, 0.25) is 5.69 Å². The van der Waals surface area contributed by atoms with Crippen LogP contribution in [-0.2, 0) is 41.2 Å². The number of carbonyl (C=O) groups is 1. The fraction of sp³-hybridized carbons (Fsp3) is 0.400. The first-order chi connectivity index (χ1) is 31.8. The summed E-state index contributed by atoms with van der Waals surface area (Å²) in [4.78, 5) is 14.0. The summed E-state index contributed by atoms with van der Waals surface area (Å²) in [5.74, 6) is -0.0948. The number of aromatic carboxylic acids is 1. The Morgan fingerprint density at radius 3 is 2.15 bits per heavy atom. The second-order valence-electron chi connectivity index (χ2n) is 19.2. The average Bonchev–Trinajstić information content (AvgIpc) is 3.48.